The third-order valence-corrected chi connectivity index (χ3v) is 5.58. The van der Waals surface area contributed by atoms with Gasteiger partial charge in [-0.3, -0.25) is 4.98 Å². The molecule has 118 valence electrons. The van der Waals surface area contributed by atoms with Crippen molar-refractivity contribution >= 4 is 62.4 Å². The maximum absolute atomic E-state index is 12.9. The average Bonchev–Trinajstić information content (AvgIpc) is 2.49. The summed E-state index contributed by atoms with van der Waals surface area (Å²) < 4.78 is 13.5. The number of halogens is 2. The molecule has 8 heteroatoms. The highest BCUT2D eigenvalue weighted by molar-refractivity contribution is 9.10. The quantitative estimate of drug-likeness (QED) is 0.510. The number of anilines is 2. The van der Waals surface area contributed by atoms with Crippen molar-refractivity contribution in [2.45, 2.75) is 0 Å². The minimum Gasteiger partial charge on any atom is -0.339 e. The van der Waals surface area contributed by atoms with Gasteiger partial charge in [0.05, 0.1) is 15.7 Å². The molecule has 0 fully saturated rings. The van der Waals surface area contributed by atoms with Crippen LogP contribution < -0.4 is 10.6 Å². The van der Waals surface area contributed by atoms with Gasteiger partial charge in [-0.05, 0) is 59.1 Å². The maximum Gasteiger partial charge on any atom is 0.224 e. The summed E-state index contributed by atoms with van der Waals surface area (Å²) in [4.78, 5) is 12.4. The van der Waals surface area contributed by atoms with E-state index in [0.29, 0.717) is 16.0 Å². The highest BCUT2D eigenvalue weighted by Gasteiger charge is 2.21. The third-order valence-electron chi connectivity index (χ3n) is 3.26. The lowest BCUT2D eigenvalue weighted by molar-refractivity contribution is 0.588. The van der Waals surface area contributed by atoms with Crippen molar-refractivity contribution in [2.24, 2.45) is 0 Å². The number of hydrogen-bond acceptors (Lipinski definition) is 5. The van der Waals surface area contributed by atoms with Crippen molar-refractivity contribution in [1.29, 1.82) is 0 Å². The van der Waals surface area contributed by atoms with Crippen molar-refractivity contribution in [3.05, 3.63) is 46.4 Å². The highest BCUT2D eigenvalue weighted by atomic mass is 79.9. The van der Waals surface area contributed by atoms with E-state index in [-0.39, 0.29) is 5.28 Å². The molecule has 0 aliphatic carbocycles. The zero-order valence-corrected chi connectivity index (χ0v) is 15.7. The number of fused-ring (bicyclic) bond motifs is 1. The molecule has 23 heavy (non-hydrogen) atoms. The van der Waals surface area contributed by atoms with Gasteiger partial charge in [-0.1, -0.05) is 6.07 Å². The van der Waals surface area contributed by atoms with Gasteiger partial charge < -0.3 is 9.88 Å². The first kappa shape index (κ1) is 16.4. The van der Waals surface area contributed by atoms with Crippen LogP contribution in [0.1, 0.15) is 0 Å². The Labute approximate surface area is 147 Å². The second kappa shape index (κ2) is 6.19. The molecule has 5 nitrogen and oxygen atoms in total. The van der Waals surface area contributed by atoms with Crippen molar-refractivity contribution < 1.29 is 4.57 Å². The van der Waals surface area contributed by atoms with Gasteiger partial charge >= 0.3 is 0 Å². The highest BCUT2D eigenvalue weighted by Crippen LogP contribution is 2.41. The summed E-state index contributed by atoms with van der Waals surface area (Å²) in [5.41, 5.74) is 1.52. The topological polar surface area (TPSA) is 67.8 Å². The second-order valence-corrected chi connectivity index (χ2v) is 9.68. The number of pyridine rings is 1. The van der Waals surface area contributed by atoms with Crippen LogP contribution in [0.15, 0.2) is 41.1 Å². The number of hydrogen-bond donors (Lipinski definition) is 1. The van der Waals surface area contributed by atoms with Gasteiger partial charge in [-0.2, -0.15) is 4.98 Å². The molecule has 2 heterocycles. The molecule has 0 unspecified atom stereocenters. The Morgan fingerprint density at radius 1 is 1.22 bits per heavy atom. The minimum absolute atomic E-state index is 0.135. The lowest BCUT2D eigenvalue weighted by Crippen LogP contribution is -2.12. The molecule has 0 aliphatic rings. The summed E-state index contributed by atoms with van der Waals surface area (Å²) in [5.74, 6) is 0.517. The number of rotatable bonds is 3. The van der Waals surface area contributed by atoms with E-state index in [4.69, 9.17) is 11.6 Å². The van der Waals surface area contributed by atoms with E-state index in [2.05, 4.69) is 36.2 Å². The van der Waals surface area contributed by atoms with Crippen LogP contribution >= 0.6 is 34.7 Å². The normalized spacial score (nSPS) is 11.7. The third kappa shape index (κ3) is 3.39. The predicted octanol–water partition coefficient (Wildman–Crippen LogP) is 4.43. The Balaban J connectivity index is 2.21. The smallest absolute Gasteiger partial charge is 0.224 e. The standard InChI is InChI=1S/C15H13BrClN4OP/c1-23(2,22)13-9-4-3-7-18-11(9)5-6-12(13)20-14-10(16)8-19-15(17)21-14/h3-8H,1-2H3,(H,19,20,21). The van der Waals surface area contributed by atoms with Crippen LogP contribution in [-0.2, 0) is 4.57 Å². The lowest BCUT2D eigenvalue weighted by atomic mass is 10.2. The summed E-state index contributed by atoms with van der Waals surface area (Å²) >= 11 is 9.25. The monoisotopic (exact) mass is 410 g/mol. The van der Waals surface area contributed by atoms with E-state index in [0.717, 1.165) is 16.2 Å². The summed E-state index contributed by atoms with van der Waals surface area (Å²) in [6.45, 7) is 3.48. The number of benzene rings is 1. The largest absolute Gasteiger partial charge is 0.339 e. The minimum atomic E-state index is -2.56. The molecule has 0 amide bonds. The summed E-state index contributed by atoms with van der Waals surface area (Å²) in [5, 5.41) is 4.94. The van der Waals surface area contributed by atoms with Gasteiger partial charge in [-0.25, -0.2) is 4.98 Å². The first-order valence-electron chi connectivity index (χ1n) is 6.74. The second-order valence-electron chi connectivity index (χ2n) is 5.34. The van der Waals surface area contributed by atoms with Crippen LogP contribution in [-0.4, -0.2) is 28.3 Å². The molecule has 0 aliphatic heterocycles. The average molecular weight is 412 g/mol. The predicted molar refractivity (Wildman–Crippen MR) is 98.9 cm³/mol. The van der Waals surface area contributed by atoms with E-state index in [1.807, 2.05) is 24.3 Å². The van der Waals surface area contributed by atoms with Gasteiger partial charge in [-0.15, -0.1) is 0 Å². The number of aromatic nitrogens is 3. The van der Waals surface area contributed by atoms with Crippen molar-refractivity contribution in [3.8, 4) is 0 Å². The summed E-state index contributed by atoms with van der Waals surface area (Å²) in [6, 6.07) is 7.49. The SMILES string of the molecule is CP(C)(=O)c1c(Nc2nc(Cl)ncc2Br)ccc2ncccc12. The Morgan fingerprint density at radius 2 is 2.00 bits per heavy atom. The van der Waals surface area contributed by atoms with Gasteiger partial charge in [0.15, 0.2) is 0 Å². The van der Waals surface area contributed by atoms with E-state index in [1.165, 1.54) is 0 Å². The molecule has 2 aromatic heterocycles. The van der Waals surface area contributed by atoms with E-state index in [1.54, 1.807) is 25.7 Å². The molecule has 0 radical (unpaired) electrons. The van der Waals surface area contributed by atoms with Gasteiger partial charge in [0.1, 0.15) is 13.0 Å². The van der Waals surface area contributed by atoms with Crippen molar-refractivity contribution in [2.75, 3.05) is 18.6 Å². The lowest BCUT2D eigenvalue weighted by Gasteiger charge is -2.17. The maximum atomic E-state index is 12.9. The number of nitrogens with zero attached hydrogens (tertiary/aromatic N) is 3. The molecule has 0 saturated carbocycles. The Morgan fingerprint density at radius 3 is 2.74 bits per heavy atom. The zero-order chi connectivity index (χ0) is 16.6. The fourth-order valence-corrected chi connectivity index (χ4v) is 4.28. The van der Waals surface area contributed by atoms with E-state index in [9.17, 15) is 4.57 Å². The van der Waals surface area contributed by atoms with Crippen LogP contribution in [0.25, 0.3) is 10.9 Å². The molecule has 0 atom stereocenters. The van der Waals surface area contributed by atoms with Crippen molar-refractivity contribution in [3.63, 3.8) is 0 Å². The van der Waals surface area contributed by atoms with Crippen molar-refractivity contribution in [1.82, 2.24) is 15.0 Å². The molecular weight excluding hydrogens is 399 g/mol. The van der Waals surface area contributed by atoms with E-state index < -0.39 is 7.14 Å². The van der Waals surface area contributed by atoms with E-state index >= 15 is 0 Å². The first-order chi connectivity index (χ1) is 10.9. The molecule has 0 bridgehead atoms. The van der Waals surface area contributed by atoms with Gasteiger partial charge in [0.25, 0.3) is 0 Å². The molecule has 0 spiro atoms. The van der Waals surface area contributed by atoms with Gasteiger partial charge in [0, 0.05) is 23.1 Å². The Bertz CT molecular complexity index is 944. The molecular formula is C15H13BrClN4OP. The zero-order valence-electron chi connectivity index (χ0n) is 12.4. The van der Waals surface area contributed by atoms with Crippen LogP contribution in [0.3, 0.4) is 0 Å². The summed E-state index contributed by atoms with van der Waals surface area (Å²) in [7, 11) is -2.56. The molecule has 1 N–H and O–H groups in total. The number of nitrogens with one attached hydrogen (secondary N) is 1. The molecule has 1 aromatic carbocycles. The Kier molecular flexibility index (Phi) is 4.41. The first-order valence-corrected chi connectivity index (χ1v) is 10.5. The Hall–Kier alpha value is -1.49. The molecule has 0 saturated heterocycles. The van der Waals surface area contributed by atoms with Crippen LogP contribution in [0.2, 0.25) is 5.28 Å². The fourth-order valence-electron chi connectivity index (χ4n) is 2.38. The van der Waals surface area contributed by atoms with Crippen LogP contribution in [0, 0.1) is 0 Å². The van der Waals surface area contributed by atoms with Crippen LogP contribution in [0.5, 0.6) is 0 Å². The fraction of sp³-hybridized carbons (Fsp3) is 0.133. The molecule has 3 rings (SSSR count). The van der Waals surface area contributed by atoms with Crippen LogP contribution in [0.4, 0.5) is 11.5 Å². The summed E-state index contributed by atoms with van der Waals surface area (Å²) in [6.07, 6.45) is 3.29. The molecule has 3 aromatic rings. The van der Waals surface area contributed by atoms with Gasteiger partial charge in [0.2, 0.25) is 5.28 Å².